The van der Waals surface area contributed by atoms with E-state index in [1.807, 2.05) is 6.92 Å². The summed E-state index contributed by atoms with van der Waals surface area (Å²) in [4.78, 5) is 20.9. The van der Waals surface area contributed by atoms with Gasteiger partial charge in [-0.05, 0) is 0 Å². The van der Waals surface area contributed by atoms with Crippen LogP contribution in [0.15, 0.2) is 0 Å². The van der Waals surface area contributed by atoms with E-state index in [1.54, 1.807) is 0 Å². The van der Waals surface area contributed by atoms with E-state index in [4.69, 9.17) is 4.74 Å². The van der Waals surface area contributed by atoms with Crippen LogP contribution in [0.5, 0.6) is 0 Å². The van der Waals surface area contributed by atoms with Gasteiger partial charge in [0.15, 0.2) is 6.23 Å². The summed E-state index contributed by atoms with van der Waals surface area (Å²) in [5.74, 6) is -0.580. The average Bonchev–Trinajstić information content (AvgIpc) is 1.84. The minimum absolute atomic E-state index is 0.196. The van der Waals surface area contributed by atoms with E-state index in [0.717, 1.165) is 0 Å². The molecule has 0 aromatic heterocycles. The first-order chi connectivity index (χ1) is 5.06. The van der Waals surface area contributed by atoms with Gasteiger partial charge in [0.25, 0.3) is 0 Å². The third-order valence-electron chi connectivity index (χ3n) is 1.04. The van der Waals surface area contributed by atoms with Crippen molar-refractivity contribution >= 4 is 11.9 Å². The molecule has 0 fully saturated rings. The highest BCUT2D eigenvalue weighted by molar-refractivity contribution is 5.73. The lowest BCUT2D eigenvalue weighted by Crippen LogP contribution is -2.35. The molecule has 0 spiro atoms. The van der Waals surface area contributed by atoms with Gasteiger partial charge in [0.2, 0.25) is 5.91 Å². The Kier molecular flexibility index (Phi) is 4.26. The van der Waals surface area contributed by atoms with E-state index < -0.39 is 6.23 Å². The molecule has 1 atom stereocenters. The molecule has 0 heterocycles. The Morgan fingerprint density at radius 3 is 2.27 bits per heavy atom. The molecule has 0 radical (unpaired) electrons. The summed E-state index contributed by atoms with van der Waals surface area (Å²) in [6, 6.07) is 0. The molecular formula is C7H13NO3. The molecule has 0 aromatic carbocycles. The minimum Gasteiger partial charge on any atom is -0.442 e. The predicted octanol–water partition coefficient (Wildman–Crippen LogP) is 0.422. The van der Waals surface area contributed by atoms with Gasteiger partial charge in [0, 0.05) is 20.3 Å². The average molecular weight is 159 g/mol. The maximum atomic E-state index is 10.5. The first kappa shape index (κ1) is 9.94. The quantitative estimate of drug-likeness (QED) is 0.479. The molecule has 4 nitrogen and oxygen atoms in total. The van der Waals surface area contributed by atoms with Crippen molar-refractivity contribution in [2.75, 3.05) is 0 Å². The molecule has 0 saturated carbocycles. The van der Waals surface area contributed by atoms with Gasteiger partial charge in [-0.1, -0.05) is 6.92 Å². The first-order valence-corrected chi connectivity index (χ1v) is 3.50. The number of hydrogen-bond acceptors (Lipinski definition) is 3. The number of rotatable bonds is 3. The molecule has 0 aliphatic heterocycles. The maximum absolute atomic E-state index is 10.5. The van der Waals surface area contributed by atoms with Crippen molar-refractivity contribution < 1.29 is 14.3 Å². The fourth-order valence-corrected chi connectivity index (χ4v) is 0.642. The Bertz CT molecular complexity index is 140. The summed E-state index contributed by atoms with van der Waals surface area (Å²) in [7, 11) is 0. The van der Waals surface area contributed by atoms with E-state index in [9.17, 15) is 9.59 Å². The highest BCUT2D eigenvalue weighted by atomic mass is 16.6. The van der Waals surface area contributed by atoms with Crippen LogP contribution < -0.4 is 5.32 Å². The molecule has 0 rings (SSSR count). The maximum Gasteiger partial charge on any atom is 0.304 e. The van der Waals surface area contributed by atoms with Gasteiger partial charge in [0.05, 0.1) is 0 Å². The van der Waals surface area contributed by atoms with E-state index in [1.165, 1.54) is 13.8 Å². The fraction of sp³-hybridized carbons (Fsp3) is 0.714. The zero-order chi connectivity index (χ0) is 8.85. The second kappa shape index (κ2) is 4.71. The SMILES string of the molecule is CC[C@@H](NC(C)=O)OC(C)=O. The zero-order valence-electron chi connectivity index (χ0n) is 7.01. The van der Waals surface area contributed by atoms with Crippen molar-refractivity contribution in [1.29, 1.82) is 0 Å². The summed E-state index contributed by atoms with van der Waals surface area (Å²) in [5.41, 5.74) is 0. The van der Waals surface area contributed by atoms with Crippen LogP contribution in [0.3, 0.4) is 0 Å². The standard InChI is InChI=1S/C7H13NO3/c1-4-7(8-5(2)9)11-6(3)10/h7H,4H2,1-3H3,(H,8,9)/t7-/m0/s1. The molecular weight excluding hydrogens is 146 g/mol. The molecule has 64 valence electrons. The van der Waals surface area contributed by atoms with E-state index >= 15 is 0 Å². The summed E-state index contributed by atoms with van der Waals surface area (Å²) < 4.78 is 4.74. The van der Waals surface area contributed by atoms with Crippen molar-refractivity contribution in [2.24, 2.45) is 0 Å². The molecule has 0 aliphatic carbocycles. The van der Waals surface area contributed by atoms with Crippen LogP contribution >= 0.6 is 0 Å². The fourth-order valence-electron chi connectivity index (χ4n) is 0.642. The summed E-state index contributed by atoms with van der Waals surface area (Å²) in [6.45, 7) is 4.51. The number of carbonyl (C=O) groups excluding carboxylic acids is 2. The van der Waals surface area contributed by atoms with Crippen LogP contribution in [0, 0.1) is 0 Å². The molecule has 0 aliphatic rings. The van der Waals surface area contributed by atoms with Crippen LogP contribution in [0.2, 0.25) is 0 Å². The van der Waals surface area contributed by atoms with Crippen molar-refractivity contribution in [3.63, 3.8) is 0 Å². The largest absolute Gasteiger partial charge is 0.442 e. The molecule has 1 N–H and O–H groups in total. The third kappa shape index (κ3) is 5.39. The van der Waals surface area contributed by atoms with Gasteiger partial charge in [-0.2, -0.15) is 0 Å². The topological polar surface area (TPSA) is 55.4 Å². The number of hydrogen-bond donors (Lipinski definition) is 1. The Labute approximate surface area is 65.9 Å². The third-order valence-corrected chi connectivity index (χ3v) is 1.04. The smallest absolute Gasteiger partial charge is 0.304 e. The normalized spacial score (nSPS) is 11.9. The van der Waals surface area contributed by atoms with Gasteiger partial charge in [-0.25, -0.2) is 0 Å². The van der Waals surface area contributed by atoms with Gasteiger partial charge in [-0.3, -0.25) is 9.59 Å². The van der Waals surface area contributed by atoms with Crippen molar-refractivity contribution in [1.82, 2.24) is 5.32 Å². The van der Waals surface area contributed by atoms with Crippen LogP contribution in [0.25, 0.3) is 0 Å². The lowest BCUT2D eigenvalue weighted by molar-refractivity contribution is -0.149. The first-order valence-electron chi connectivity index (χ1n) is 3.50. The van der Waals surface area contributed by atoms with Crippen LogP contribution in [-0.4, -0.2) is 18.1 Å². The highest BCUT2D eigenvalue weighted by Gasteiger charge is 2.08. The Balaban J connectivity index is 3.76. The number of nitrogens with one attached hydrogen (secondary N) is 1. The van der Waals surface area contributed by atoms with E-state index in [-0.39, 0.29) is 11.9 Å². The molecule has 1 amide bonds. The Morgan fingerprint density at radius 2 is 2.00 bits per heavy atom. The Hall–Kier alpha value is -1.06. The van der Waals surface area contributed by atoms with Crippen LogP contribution in [0.1, 0.15) is 27.2 Å². The van der Waals surface area contributed by atoms with Gasteiger partial charge < -0.3 is 10.1 Å². The van der Waals surface area contributed by atoms with Crippen molar-refractivity contribution in [3.8, 4) is 0 Å². The molecule has 0 aromatic rings. The number of ether oxygens (including phenoxy) is 1. The lowest BCUT2D eigenvalue weighted by Gasteiger charge is -2.14. The van der Waals surface area contributed by atoms with Gasteiger partial charge in [-0.15, -0.1) is 0 Å². The van der Waals surface area contributed by atoms with E-state index in [0.29, 0.717) is 6.42 Å². The molecule has 4 heteroatoms. The van der Waals surface area contributed by atoms with Crippen LogP contribution in [0.4, 0.5) is 0 Å². The summed E-state index contributed by atoms with van der Waals surface area (Å²) >= 11 is 0. The molecule has 0 unspecified atom stereocenters. The summed E-state index contributed by atoms with van der Waals surface area (Å²) in [6.07, 6.45) is 0.101. The zero-order valence-corrected chi connectivity index (χ0v) is 7.01. The van der Waals surface area contributed by atoms with Crippen LogP contribution in [-0.2, 0) is 14.3 Å². The molecule has 0 saturated heterocycles. The second-order valence-electron chi connectivity index (χ2n) is 2.21. The number of esters is 1. The number of amides is 1. The minimum atomic E-state index is -0.481. The van der Waals surface area contributed by atoms with Gasteiger partial charge in [0.1, 0.15) is 0 Å². The Morgan fingerprint density at radius 1 is 1.45 bits per heavy atom. The van der Waals surface area contributed by atoms with Gasteiger partial charge >= 0.3 is 5.97 Å². The highest BCUT2D eigenvalue weighted by Crippen LogP contribution is 1.93. The summed E-state index contributed by atoms with van der Waals surface area (Å²) in [5, 5.41) is 2.48. The lowest BCUT2D eigenvalue weighted by atomic mass is 10.4. The monoisotopic (exact) mass is 159 g/mol. The number of carbonyl (C=O) groups is 2. The van der Waals surface area contributed by atoms with Crippen molar-refractivity contribution in [3.05, 3.63) is 0 Å². The van der Waals surface area contributed by atoms with E-state index in [2.05, 4.69) is 5.32 Å². The molecule has 0 bridgehead atoms. The van der Waals surface area contributed by atoms with Crippen molar-refractivity contribution in [2.45, 2.75) is 33.4 Å². The molecule has 11 heavy (non-hydrogen) atoms. The predicted molar refractivity (Wildman–Crippen MR) is 39.7 cm³/mol. The second-order valence-corrected chi connectivity index (χ2v) is 2.21.